The van der Waals surface area contributed by atoms with E-state index in [1.165, 1.54) is 0 Å². The molecule has 2 N–H and O–H groups in total. The number of pyridine rings is 1. The SMILES string of the molecule is CCC(C)Oc1cc(Br)cc(C(=O)NCc2c(C)cc(C)[nH]c2=O)c1C. The summed E-state index contributed by atoms with van der Waals surface area (Å²) in [5.74, 6) is 0.445. The topological polar surface area (TPSA) is 71.2 Å². The van der Waals surface area contributed by atoms with Gasteiger partial charge in [0.05, 0.1) is 6.10 Å². The second-order valence-electron chi connectivity index (χ2n) is 6.54. The summed E-state index contributed by atoms with van der Waals surface area (Å²) in [4.78, 5) is 27.6. The van der Waals surface area contributed by atoms with E-state index in [0.29, 0.717) is 16.9 Å². The van der Waals surface area contributed by atoms with E-state index >= 15 is 0 Å². The second kappa shape index (κ2) is 8.54. The summed E-state index contributed by atoms with van der Waals surface area (Å²) in [7, 11) is 0. The van der Waals surface area contributed by atoms with E-state index in [-0.39, 0.29) is 24.1 Å². The zero-order valence-electron chi connectivity index (χ0n) is 15.8. The number of halogens is 1. The largest absolute Gasteiger partial charge is 0.490 e. The van der Waals surface area contributed by atoms with Crippen LogP contribution in [-0.4, -0.2) is 17.0 Å². The Morgan fingerprint density at radius 2 is 1.96 bits per heavy atom. The molecule has 1 unspecified atom stereocenters. The first-order chi connectivity index (χ1) is 12.2. The molecule has 1 amide bonds. The molecule has 0 aliphatic rings. The summed E-state index contributed by atoms with van der Waals surface area (Å²) >= 11 is 3.44. The molecule has 1 aromatic carbocycles. The molecule has 6 heteroatoms. The van der Waals surface area contributed by atoms with E-state index in [4.69, 9.17) is 4.74 Å². The van der Waals surface area contributed by atoms with Gasteiger partial charge in [-0.05, 0) is 57.9 Å². The van der Waals surface area contributed by atoms with Crippen LogP contribution in [0.15, 0.2) is 27.5 Å². The highest BCUT2D eigenvalue weighted by Gasteiger charge is 2.16. The standard InChI is InChI=1S/C20H25BrN2O3/c1-6-13(4)26-18-9-15(21)8-16(14(18)5)19(24)22-10-17-11(2)7-12(3)23-20(17)25/h7-9,13H,6,10H2,1-5H3,(H,22,24)(H,23,25). The monoisotopic (exact) mass is 420 g/mol. The quantitative estimate of drug-likeness (QED) is 0.736. The molecule has 1 heterocycles. The van der Waals surface area contributed by atoms with Gasteiger partial charge in [0.25, 0.3) is 11.5 Å². The Kier molecular flexibility index (Phi) is 6.64. The Hall–Kier alpha value is -2.08. The van der Waals surface area contributed by atoms with E-state index in [2.05, 4.69) is 26.2 Å². The number of nitrogens with one attached hydrogen (secondary N) is 2. The highest BCUT2D eigenvalue weighted by atomic mass is 79.9. The lowest BCUT2D eigenvalue weighted by atomic mass is 10.1. The summed E-state index contributed by atoms with van der Waals surface area (Å²) in [6.45, 7) is 9.78. The van der Waals surface area contributed by atoms with Crippen molar-refractivity contribution in [2.24, 2.45) is 0 Å². The zero-order chi connectivity index (χ0) is 19.4. The first kappa shape index (κ1) is 20.2. The summed E-state index contributed by atoms with van der Waals surface area (Å²) in [6.07, 6.45) is 0.941. The van der Waals surface area contributed by atoms with Crippen molar-refractivity contribution in [1.82, 2.24) is 10.3 Å². The average molecular weight is 421 g/mol. The number of H-pyrrole nitrogens is 1. The normalized spacial score (nSPS) is 11.9. The first-order valence-corrected chi connectivity index (χ1v) is 9.46. The van der Waals surface area contributed by atoms with E-state index in [1.54, 1.807) is 6.07 Å². The number of aryl methyl sites for hydroxylation is 2. The summed E-state index contributed by atoms with van der Waals surface area (Å²) in [5, 5.41) is 2.84. The molecule has 0 radical (unpaired) electrons. The van der Waals surface area contributed by atoms with Crippen LogP contribution in [-0.2, 0) is 6.54 Å². The number of amides is 1. The van der Waals surface area contributed by atoms with Crippen molar-refractivity contribution in [2.45, 2.75) is 53.7 Å². The van der Waals surface area contributed by atoms with Crippen LogP contribution in [0.1, 0.15) is 53.0 Å². The molecule has 2 rings (SSSR count). The molecular weight excluding hydrogens is 396 g/mol. The predicted molar refractivity (Wildman–Crippen MR) is 107 cm³/mol. The summed E-state index contributed by atoms with van der Waals surface area (Å²) < 4.78 is 6.69. The smallest absolute Gasteiger partial charge is 0.253 e. The molecule has 2 aromatic rings. The van der Waals surface area contributed by atoms with Gasteiger partial charge in [0.1, 0.15) is 5.75 Å². The lowest BCUT2D eigenvalue weighted by Gasteiger charge is -2.17. The van der Waals surface area contributed by atoms with Crippen LogP contribution in [0, 0.1) is 20.8 Å². The lowest BCUT2D eigenvalue weighted by Crippen LogP contribution is -2.28. The number of aromatic amines is 1. The van der Waals surface area contributed by atoms with Crippen molar-refractivity contribution < 1.29 is 9.53 Å². The van der Waals surface area contributed by atoms with Gasteiger partial charge in [0, 0.05) is 33.4 Å². The van der Waals surface area contributed by atoms with Crippen LogP contribution in [0.3, 0.4) is 0 Å². The Labute approximate surface area is 162 Å². The molecule has 0 bridgehead atoms. The van der Waals surface area contributed by atoms with Gasteiger partial charge in [0.2, 0.25) is 0 Å². The summed E-state index contributed by atoms with van der Waals surface area (Å²) in [5.41, 5.74) is 3.36. The second-order valence-corrected chi connectivity index (χ2v) is 7.45. The van der Waals surface area contributed by atoms with Crippen molar-refractivity contribution >= 4 is 21.8 Å². The Morgan fingerprint density at radius 1 is 1.27 bits per heavy atom. The molecule has 140 valence electrons. The third kappa shape index (κ3) is 4.75. The molecule has 0 aliphatic carbocycles. The van der Waals surface area contributed by atoms with Gasteiger partial charge in [0.15, 0.2) is 0 Å². The lowest BCUT2D eigenvalue weighted by molar-refractivity contribution is 0.0949. The van der Waals surface area contributed by atoms with Gasteiger partial charge in [-0.15, -0.1) is 0 Å². The average Bonchev–Trinajstić information content (AvgIpc) is 2.56. The molecule has 1 aromatic heterocycles. The minimum atomic E-state index is -0.239. The van der Waals surface area contributed by atoms with E-state index < -0.39 is 0 Å². The number of rotatable bonds is 6. The zero-order valence-corrected chi connectivity index (χ0v) is 17.4. The van der Waals surface area contributed by atoms with Crippen LogP contribution in [0.2, 0.25) is 0 Å². The number of carbonyl (C=O) groups is 1. The minimum Gasteiger partial charge on any atom is -0.490 e. The number of aromatic nitrogens is 1. The van der Waals surface area contributed by atoms with Crippen LogP contribution in [0.5, 0.6) is 5.75 Å². The fourth-order valence-corrected chi connectivity index (χ4v) is 3.11. The van der Waals surface area contributed by atoms with Crippen LogP contribution in [0.25, 0.3) is 0 Å². The highest BCUT2D eigenvalue weighted by molar-refractivity contribution is 9.10. The molecule has 0 fully saturated rings. The summed E-state index contributed by atoms with van der Waals surface area (Å²) in [6, 6.07) is 5.53. The van der Waals surface area contributed by atoms with Crippen LogP contribution in [0.4, 0.5) is 0 Å². The van der Waals surface area contributed by atoms with Gasteiger partial charge in [-0.1, -0.05) is 22.9 Å². The Balaban J connectivity index is 2.24. The first-order valence-electron chi connectivity index (χ1n) is 8.67. The van der Waals surface area contributed by atoms with Crippen LogP contribution < -0.4 is 15.6 Å². The van der Waals surface area contributed by atoms with Gasteiger partial charge >= 0.3 is 0 Å². The van der Waals surface area contributed by atoms with Crippen molar-refractivity contribution in [3.05, 3.63) is 61.0 Å². The van der Waals surface area contributed by atoms with Gasteiger partial charge in [-0.2, -0.15) is 0 Å². The van der Waals surface area contributed by atoms with E-state index in [9.17, 15) is 9.59 Å². The fourth-order valence-electron chi connectivity index (χ4n) is 2.68. The van der Waals surface area contributed by atoms with Crippen molar-refractivity contribution in [3.8, 4) is 5.75 Å². The number of benzene rings is 1. The van der Waals surface area contributed by atoms with E-state index in [0.717, 1.165) is 27.7 Å². The third-order valence-electron chi connectivity index (χ3n) is 4.39. The fraction of sp³-hybridized carbons (Fsp3) is 0.400. The number of ether oxygens (including phenoxy) is 1. The molecule has 5 nitrogen and oxygen atoms in total. The molecule has 0 aliphatic heterocycles. The van der Waals surface area contributed by atoms with Crippen molar-refractivity contribution in [3.63, 3.8) is 0 Å². The molecule has 0 spiro atoms. The number of hydrogen-bond donors (Lipinski definition) is 2. The molecule has 0 saturated carbocycles. The van der Waals surface area contributed by atoms with E-state index in [1.807, 2.05) is 46.8 Å². The van der Waals surface area contributed by atoms with Crippen molar-refractivity contribution in [2.75, 3.05) is 0 Å². The van der Waals surface area contributed by atoms with Crippen molar-refractivity contribution in [1.29, 1.82) is 0 Å². The minimum absolute atomic E-state index is 0.0627. The number of carbonyl (C=O) groups excluding carboxylic acids is 1. The van der Waals surface area contributed by atoms with Crippen LogP contribution >= 0.6 is 15.9 Å². The molecule has 1 atom stereocenters. The highest BCUT2D eigenvalue weighted by Crippen LogP contribution is 2.28. The van der Waals surface area contributed by atoms with Gasteiger partial charge in [-0.3, -0.25) is 9.59 Å². The predicted octanol–water partition coefficient (Wildman–Crippen LogP) is 4.17. The number of hydrogen-bond acceptors (Lipinski definition) is 3. The Morgan fingerprint density at radius 3 is 2.58 bits per heavy atom. The maximum absolute atomic E-state index is 12.7. The maximum atomic E-state index is 12.7. The maximum Gasteiger partial charge on any atom is 0.253 e. The Bertz CT molecular complexity index is 874. The van der Waals surface area contributed by atoms with Gasteiger partial charge in [-0.25, -0.2) is 0 Å². The molecular formula is C20H25BrN2O3. The molecule has 26 heavy (non-hydrogen) atoms. The third-order valence-corrected chi connectivity index (χ3v) is 4.85. The molecule has 0 saturated heterocycles. The van der Waals surface area contributed by atoms with Gasteiger partial charge < -0.3 is 15.0 Å².